The van der Waals surface area contributed by atoms with Crippen molar-refractivity contribution < 1.29 is 18.8 Å². The Hall–Kier alpha value is -4.73. The van der Waals surface area contributed by atoms with Crippen LogP contribution in [-0.2, 0) is 17.9 Å². The Morgan fingerprint density at radius 1 is 1.05 bits per heavy atom. The summed E-state index contributed by atoms with van der Waals surface area (Å²) in [5, 5.41) is 12.3. The molecule has 0 radical (unpaired) electrons. The second-order valence-corrected chi connectivity index (χ2v) is 8.52. The summed E-state index contributed by atoms with van der Waals surface area (Å²) >= 11 is 0. The molecule has 2 N–H and O–H groups in total. The lowest BCUT2D eigenvalue weighted by Gasteiger charge is -2.17. The van der Waals surface area contributed by atoms with Crippen molar-refractivity contribution >= 4 is 17.6 Å². The number of hydrogen-bond donors (Lipinski definition) is 2. The Labute approximate surface area is 217 Å². The lowest BCUT2D eigenvalue weighted by Crippen LogP contribution is -2.44. The monoisotopic (exact) mass is 504 g/mol. The van der Waals surface area contributed by atoms with Crippen molar-refractivity contribution in [1.29, 1.82) is 0 Å². The van der Waals surface area contributed by atoms with Crippen molar-refractivity contribution in [3.63, 3.8) is 0 Å². The van der Waals surface area contributed by atoms with Gasteiger partial charge in [0.05, 0.1) is 18.7 Å². The Balaban J connectivity index is 1.66. The van der Waals surface area contributed by atoms with Crippen LogP contribution < -0.4 is 21.4 Å². The molecule has 0 fully saturated rings. The van der Waals surface area contributed by atoms with Crippen LogP contribution in [0.15, 0.2) is 76.4 Å². The molecule has 1 atom stereocenters. The minimum atomic E-state index is -2.28. The lowest BCUT2D eigenvalue weighted by atomic mass is 10.1. The van der Waals surface area contributed by atoms with E-state index >= 15 is 0 Å². The number of benzene rings is 2. The van der Waals surface area contributed by atoms with Crippen LogP contribution in [-0.4, -0.2) is 30.2 Å². The van der Waals surface area contributed by atoms with Crippen LogP contribution in [0.2, 0.25) is 0 Å². The topological polar surface area (TPSA) is 128 Å². The number of pyridine rings is 1. The first kappa shape index (κ1) is 21.5. The van der Waals surface area contributed by atoms with E-state index in [1.807, 2.05) is 13.0 Å². The molecule has 2 aromatic heterocycles. The Kier molecular flexibility index (Phi) is 6.35. The predicted octanol–water partition coefficient (Wildman–Crippen LogP) is 3.72. The maximum Gasteiger partial charge on any atom is 0.354 e. The van der Waals surface area contributed by atoms with Gasteiger partial charge in [-0.3, -0.25) is 14.3 Å². The molecule has 0 saturated carbocycles. The number of rotatable bonds is 9. The molecule has 0 aliphatic rings. The van der Waals surface area contributed by atoms with E-state index in [0.717, 1.165) is 10.3 Å². The van der Waals surface area contributed by atoms with Gasteiger partial charge in [-0.1, -0.05) is 36.8 Å². The highest BCUT2D eigenvalue weighted by Gasteiger charge is 2.19. The second kappa shape index (κ2) is 10.9. The summed E-state index contributed by atoms with van der Waals surface area (Å²) in [7, 11) is 0. The third-order valence-corrected chi connectivity index (χ3v) is 5.55. The first-order chi connectivity index (χ1) is 18.9. The van der Waals surface area contributed by atoms with E-state index in [-0.39, 0.29) is 24.6 Å². The molecule has 0 spiro atoms. The van der Waals surface area contributed by atoms with Crippen LogP contribution in [0.4, 0.5) is 11.6 Å². The highest BCUT2D eigenvalue weighted by atomic mass is 16.5. The number of anilines is 2. The third-order valence-electron chi connectivity index (χ3n) is 5.55. The summed E-state index contributed by atoms with van der Waals surface area (Å²) in [6.07, 6.45) is 1.61. The average molecular weight is 505 g/mol. The fraction of sp³-hybridized carbons (Fsp3) is 0.222. The van der Waals surface area contributed by atoms with Gasteiger partial charge in [0.2, 0.25) is 5.95 Å². The minimum absolute atomic E-state index is 0.0567. The van der Waals surface area contributed by atoms with Crippen molar-refractivity contribution in [1.82, 2.24) is 19.1 Å². The van der Waals surface area contributed by atoms with Crippen molar-refractivity contribution in [2.24, 2.45) is 5.92 Å². The van der Waals surface area contributed by atoms with Crippen LogP contribution in [0.1, 0.15) is 27.9 Å². The van der Waals surface area contributed by atoms with E-state index < -0.39 is 30.1 Å². The van der Waals surface area contributed by atoms with E-state index in [9.17, 15) is 19.5 Å². The number of aryl methyl sites for hydroxylation is 2. The van der Waals surface area contributed by atoms with Crippen molar-refractivity contribution in [3.05, 3.63) is 105 Å². The van der Waals surface area contributed by atoms with Crippen molar-refractivity contribution in [2.75, 3.05) is 5.32 Å². The molecule has 10 nitrogen and oxygen atoms in total. The zero-order valence-corrected chi connectivity index (χ0v) is 20.2. The molecule has 37 heavy (non-hydrogen) atoms. The number of carboxylic acid groups (broad SMARTS) is 1. The largest absolute Gasteiger partial charge is 0.481 e. The summed E-state index contributed by atoms with van der Waals surface area (Å²) in [5.41, 5.74) is 0.418. The van der Waals surface area contributed by atoms with Gasteiger partial charge in [0.25, 0.3) is 0 Å². The summed E-state index contributed by atoms with van der Waals surface area (Å²) in [6, 6.07) is 16.4. The maximum absolute atomic E-state index is 13.4. The molecule has 4 aromatic rings. The summed E-state index contributed by atoms with van der Waals surface area (Å²) < 4.78 is 30.4. The van der Waals surface area contributed by atoms with Gasteiger partial charge in [-0.05, 0) is 55.7 Å². The smallest absolute Gasteiger partial charge is 0.354 e. The molecule has 0 amide bonds. The Morgan fingerprint density at radius 2 is 1.76 bits per heavy atom. The molecule has 4 rings (SSSR count). The molecule has 2 aromatic carbocycles. The van der Waals surface area contributed by atoms with Crippen molar-refractivity contribution in [3.8, 4) is 11.5 Å². The van der Waals surface area contributed by atoms with E-state index in [4.69, 9.17) is 8.85 Å². The molecular weight excluding hydrogens is 474 g/mol. The fourth-order valence-corrected chi connectivity index (χ4v) is 3.45. The summed E-state index contributed by atoms with van der Waals surface area (Å²) in [6.45, 7) is 0.552. The highest BCUT2D eigenvalue weighted by Crippen LogP contribution is 2.23. The van der Waals surface area contributed by atoms with E-state index in [1.165, 1.54) is 23.6 Å². The highest BCUT2D eigenvalue weighted by molar-refractivity contribution is 5.69. The number of hydrogen-bond acceptors (Lipinski definition) is 7. The molecule has 0 saturated heterocycles. The fourth-order valence-electron chi connectivity index (χ4n) is 3.45. The molecule has 10 heteroatoms. The molecule has 0 aliphatic heterocycles. The zero-order valence-electron chi connectivity index (χ0n) is 23.2. The molecule has 190 valence electrons. The SMILES string of the molecule is [2H]C([2H])([2H])c1ccc(Cn2c(Nc3ccc(Oc4ccc(C)nc4)cc3)nc(=O)n(C[C@H](C)C(=O)O)c2=O)cc1. The van der Waals surface area contributed by atoms with Gasteiger partial charge in [0.15, 0.2) is 0 Å². The number of aromatic nitrogens is 4. The minimum Gasteiger partial charge on any atom is -0.481 e. The number of ether oxygens (including phenoxy) is 1. The number of carboxylic acids is 1. The summed E-state index contributed by atoms with van der Waals surface area (Å²) in [4.78, 5) is 45.8. The van der Waals surface area contributed by atoms with E-state index in [1.54, 1.807) is 48.7 Å². The van der Waals surface area contributed by atoms with Crippen LogP contribution >= 0.6 is 0 Å². The van der Waals surface area contributed by atoms with E-state index in [0.29, 0.717) is 22.7 Å². The standard InChI is InChI=1S/C27H27N5O5/c1-17-4-7-20(8-5-17)16-31-25(30-26(35)32(27(31)36)15-18(2)24(33)34)29-21-9-12-22(13-10-21)37-23-11-6-19(3)28-14-23/h4-14,18H,15-16H2,1-3H3,(H,33,34)(H,29,30,35)/t18-/m0/s1/i1D3. The second-order valence-electron chi connectivity index (χ2n) is 8.52. The first-order valence-electron chi connectivity index (χ1n) is 12.9. The van der Waals surface area contributed by atoms with Gasteiger partial charge in [0, 0.05) is 22.0 Å². The number of nitrogens with zero attached hydrogens (tertiary/aromatic N) is 4. The van der Waals surface area contributed by atoms with Gasteiger partial charge >= 0.3 is 17.3 Å². The van der Waals surface area contributed by atoms with Gasteiger partial charge in [-0.2, -0.15) is 4.98 Å². The maximum atomic E-state index is 13.4. The van der Waals surface area contributed by atoms with Crippen LogP contribution in [0.25, 0.3) is 0 Å². The molecule has 0 unspecified atom stereocenters. The van der Waals surface area contributed by atoms with Gasteiger partial charge in [-0.25, -0.2) is 14.2 Å². The third kappa shape index (κ3) is 6.29. The number of carbonyl (C=O) groups is 1. The first-order valence-corrected chi connectivity index (χ1v) is 11.4. The van der Waals surface area contributed by atoms with Crippen LogP contribution in [0.5, 0.6) is 11.5 Å². The summed E-state index contributed by atoms with van der Waals surface area (Å²) in [5.74, 6) is -1.14. The van der Waals surface area contributed by atoms with Crippen LogP contribution in [0, 0.1) is 19.7 Å². The molecule has 2 heterocycles. The van der Waals surface area contributed by atoms with Gasteiger partial charge in [-0.15, -0.1) is 0 Å². The molecule has 0 aliphatic carbocycles. The quantitative estimate of drug-likeness (QED) is 0.353. The van der Waals surface area contributed by atoms with Crippen molar-refractivity contribution in [2.45, 2.75) is 33.8 Å². The lowest BCUT2D eigenvalue weighted by molar-refractivity contribution is -0.141. The normalized spacial score (nSPS) is 13.2. The molecule has 0 bridgehead atoms. The van der Waals surface area contributed by atoms with Crippen LogP contribution in [0.3, 0.4) is 0 Å². The van der Waals surface area contributed by atoms with Gasteiger partial charge < -0.3 is 15.2 Å². The number of nitrogens with one attached hydrogen (secondary N) is 1. The average Bonchev–Trinajstić information content (AvgIpc) is 2.90. The zero-order chi connectivity index (χ0) is 29.0. The van der Waals surface area contributed by atoms with Gasteiger partial charge in [0.1, 0.15) is 11.5 Å². The van der Waals surface area contributed by atoms with E-state index in [2.05, 4.69) is 15.3 Å². The Bertz CT molecular complexity index is 1610. The molecular formula is C27H27N5O5. The Morgan fingerprint density at radius 3 is 2.38 bits per heavy atom. The predicted molar refractivity (Wildman–Crippen MR) is 139 cm³/mol. The number of aliphatic carboxylic acids is 1.